The first-order chi connectivity index (χ1) is 8.85. The largest absolute Gasteiger partial charge is 0.353 e. The van der Waals surface area contributed by atoms with Crippen LogP contribution in [0.2, 0.25) is 0 Å². The Kier molecular flexibility index (Phi) is 4.54. The molecule has 0 amide bonds. The summed E-state index contributed by atoms with van der Waals surface area (Å²) in [6.45, 7) is 7.49. The van der Waals surface area contributed by atoms with E-state index in [2.05, 4.69) is 27.8 Å². The molecule has 0 N–H and O–H groups in total. The van der Waals surface area contributed by atoms with Crippen molar-refractivity contribution in [1.29, 1.82) is 5.26 Å². The summed E-state index contributed by atoms with van der Waals surface area (Å²) >= 11 is 0. The number of nitriles is 1. The van der Waals surface area contributed by atoms with Crippen molar-refractivity contribution in [3.63, 3.8) is 0 Å². The van der Waals surface area contributed by atoms with Crippen LogP contribution in [0.1, 0.15) is 25.3 Å². The van der Waals surface area contributed by atoms with E-state index in [9.17, 15) is 0 Å². The van der Waals surface area contributed by atoms with Gasteiger partial charge in [0, 0.05) is 32.4 Å². The molecule has 0 saturated carbocycles. The predicted molar refractivity (Wildman–Crippen MR) is 72.5 cm³/mol. The lowest BCUT2D eigenvalue weighted by Gasteiger charge is -2.35. The van der Waals surface area contributed by atoms with Gasteiger partial charge >= 0.3 is 0 Å². The van der Waals surface area contributed by atoms with Gasteiger partial charge in [0.2, 0.25) is 0 Å². The predicted octanol–water partition coefficient (Wildman–Crippen LogP) is 1.88. The minimum Gasteiger partial charge on any atom is -0.353 e. The lowest BCUT2D eigenvalue weighted by molar-refractivity contribution is 0.253. The smallest absolute Gasteiger partial charge is 0.146 e. The van der Waals surface area contributed by atoms with Gasteiger partial charge in [0.25, 0.3) is 0 Å². The maximum Gasteiger partial charge on any atom is 0.146 e. The van der Waals surface area contributed by atoms with E-state index in [1.165, 1.54) is 19.4 Å². The molecule has 1 fully saturated rings. The summed E-state index contributed by atoms with van der Waals surface area (Å²) in [5.74, 6) is 0.843. The SMILES string of the molecule is CCCCN1CCN(c2ncccc2C#N)CC1. The van der Waals surface area contributed by atoms with Crippen LogP contribution in [0.4, 0.5) is 5.82 Å². The van der Waals surface area contributed by atoms with E-state index in [-0.39, 0.29) is 0 Å². The highest BCUT2D eigenvalue weighted by Gasteiger charge is 2.19. The normalized spacial score (nSPS) is 16.6. The van der Waals surface area contributed by atoms with Crippen molar-refractivity contribution >= 4 is 5.82 Å². The zero-order valence-electron chi connectivity index (χ0n) is 11.0. The number of anilines is 1. The van der Waals surface area contributed by atoms with Crippen molar-refractivity contribution < 1.29 is 0 Å². The molecular formula is C14H20N4. The molecule has 1 aromatic rings. The Hall–Kier alpha value is -1.60. The number of nitrogens with zero attached hydrogens (tertiary/aromatic N) is 4. The fourth-order valence-corrected chi connectivity index (χ4v) is 2.30. The van der Waals surface area contributed by atoms with Crippen LogP contribution in [0.25, 0.3) is 0 Å². The third kappa shape index (κ3) is 2.99. The van der Waals surface area contributed by atoms with E-state index in [1.54, 1.807) is 6.20 Å². The second kappa shape index (κ2) is 6.36. The number of rotatable bonds is 4. The molecule has 2 rings (SSSR count). The van der Waals surface area contributed by atoms with E-state index in [1.807, 2.05) is 12.1 Å². The van der Waals surface area contributed by atoms with E-state index < -0.39 is 0 Å². The van der Waals surface area contributed by atoms with E-state index in [4.69, 9.17) is 5.26 Å². The van der Waals surface area contributed by atoms with Gasteiger partial charge in [-0.3, -0.25) is 4.90 Å². The van der Waals surface area contributed by atoms with Crippen molar-refractivity contribution in [3.8, 4) is 6.07 Å². The average molecular weight is 244 g/mol. The van der Waals surface area contributed by atoms with Crippen LogP contribution in [-0.4, -0.2) is 42.6 Å². The van der Waals surface area contributed by atoms with Gasteiger partial charge in [0.15, 0.2) is 0 Å². The van der Waals surface area contributed by atoms with Crippen molar-refractivity contribution in [2.45, 2.75) is 19.8 Å². The number of hydrogen-bond acceptors (Lipinski definition) is 4. The second-order valence-corrected chi connectivity index (χ2v) is 4.67. The summed E-state index contributed by atoms with van der Waals surface area (Å²) in [5, 5.41) is 9.09. The Morgan fingerprint density at radius 1 is 1.33 bits per heavy atom. The number of aromatic nitrogens is 1. The average Bonchev–Trinajstić information content (AvgIpc) is 2.45. The highest BCUT2D eigenvalue weighted by atomic mass is 15.3. The van der Waals surface area contributed by atoms with E-state index in [0.29, 0.717) is 5.56 Å². The van der Waals surface area contributed by atoms with Crippen molar-refractivity contribution in [1.82, 2.24) is 9.88 Å². The topological polar surface area (TPSA) is 43.2 Å². The van der Waals surface area contributed by atoms with Gasteiger partial charge in [0.05, 0.1) is 5.56 Å². The molecule has 4 heteroatoms. The van der Waals surface area contributed by atoms with Crippen LogP contribution in [-0.2, 0) is 0 Å². The summed E-state index contributed by atoms with van der Waals surface area (Å²) in [5.41, 5.74) is 0.680. The van der Waals surface area contributed by atoms with Gasteiger partial charge in [-0.2, -0.15) is 5.26 Å². The molecule has 1 aliphatic heterocycles. The molecule has 96 valence electrons. The zero-order valence-corrected chi connectivity index (χ0v) is 11.0. The van der Waals surface area contributed by atoms with Crippen LogP contribution in [0.3, 0.4) is 0 Å². The maximum absolute atomic E-state index is 9.09. The maximum atomic E-state index is 9.09. The Bertz CT molecular complexity index is 416. The summed E-state index contributed by atoms with van der Waals surface area (Å²) < 4.78 is 0. The van der Waals surface area contributed by atoms with E-state index in [0.717, 1.165) is 32.0 Å². The number of hydrogen-bond donors (Lipinski definition) is 0. The molecule has 0 spiro atoms. The Labute approximate surface area is 109 Å². The lowest BCUT2D eigenvalue weighted by Crippen LogP contribution is -2.47. The first-order valence-electron chi connectivity index (χ1n) is 6.67. The fraction of sp³-hybridized carbons (Fsp3) is 0.571. The van der Waals surface area contributed by atoms with Crippen LogP contribution >= 0.6 is 0 Å². The second-order valence-electron chi connectivity index (χ2n) is 4.67. The highest BCUT2D eigenvalue weighted by Crippen LogP contribution is 2.18. The van der Waals surface area contributed by atoms with Gasteiger partial charge in [-0.05, 0) is 25.1 Å². The Balaban J connectivity index is 1.95. The molecule has 1 aromatic heterocycles. The molecular weight excluding hydrogens is 224 g/mol. The minimum atomic E-state index is 0.680. The first kappa shape index (κ1) is 12.8. The van der Waals surface area contributed by atoms with Crippen LogP contribution < -0.4 is 4.90 Å². The van der Waals surface area contributed by atoms with Crippen molar-refractivity contribution in [3.05, 3.63) is 23.9 Å². The summed E-state index contributed by atoms with van der Waals surface area (Å²) in [6.07, 6.45) is 4.28. The number of unbranched alkanes of at least 4 members (excludes halogenated alkanes) is 1. The molecule has 0 bridgehead atoms. The molecule has 0 aliphatic carbocycles. The Morgan fingerprint density at radius 3 is 2.78 bits per heavy atom. The summed E-state index contributed by atoms with van der Waals surface area (Å²) in [4.78, 5) is 9.06. The molecule has 18 heavy (non-hydrogen) atoms. The standard InChI is InChI=1S/C14H20N4/c1-2-3-7-17-8-10-18(11-9-17)14-13(12-15)5-4-6-16-14/h4-6H,2-3,7-11H2,1H3. The number of piperazine rings is 1. The summed E-state index contributed by atoms with van der Waals surface area (Å²) in [7, 11) is 0. The monoisotopic (exact) mass is 244 g/mol. The third-order valence-electron chi connectivity index (χ3n) is 3.41. The third-order valence-corrected chi connectivity index (χ3v) is 3.41. The Morgan fingerprint density at radius 2 is 2.11 bits per heavy atom. The minimum absolute atomic E-state index is 0.680. The van der Waals surface area contributed by atoms with E-state index >= 15 is 0 Å². The molecule has 0 atom stereocenters. The molecule has 2 heterocycles. The van der Waals surface area contributed by atoms with Gasteiger partial charge < -0.3 is 4.90 Å². The van der Waals surface area contributed by atoms with Crippen molar-refractivity contribution in [2.24, 2.45) is 0 Å². The summed E-state index contributed by atoms with van der Waals surface area (Å²) in [6, 6.07) is 5.88. The lowest BCUT2D eigenvalue weighted by atomic mass is 10.2. The molecule has 0 unspecified atom stereocenters. The van der Waals surface area contributed by atoms with Gasteiger partial charge in [0.1, 0.15) is 11.9 Å². The van der Waals surface area contributed by atoms with Crippen molar-refractivity contribution in [2.75, 3.05) is 37.6 Å². The molecule has 4 nitrogen and oxygen atoms in total. The molecule has 0 radical (unpaired) electrons. The van der Waals surface area contributed by atoms with Crippen LogP contribution in [0.5, 0.6) is 0 Å². The molecule has 1 aliphatic rings. The van der Waals surface area contributed by atoms with Crippen LogP contribution in [0, 0.1) is 11.3 Å². The van der Waals surface area contributed by atoms with Gasteiger partial charge in [-0.25, -0.2) is 4.98 Å². The van der Waals surface area contributed by atoms with Crippen LogP contribution in [0.15, 0.2) is 18.3 Å². The molecule has 0 aromatic carbocycles. The quantitative estimate of drug-likeness (QED) is 0.811. The zero-order chi connectivity index (χ0) is 12.8. The van der Waals surface area contributed by atoms with Gasteiger partial charge in [-0.15, -0.1) is 0 Å². The van der Waals surface area contributed by atoms with Gasteiger partial charge in [-0.1, -0.05) is 13.3 Å². The highest BCUT2D eigenvalue weighted by molar-refractivity contribution is 5.53. The fourth-order valence-electron chi connectivity index (χ4n) is 2.30. The molecule has 1 saturated heterocycles. The number of pyridine rings is 1. The first-order valence-corrected chi connectivity index (χ1v) is 6.67.